The van der Waals surface area contributed by atoms with Crippen molar-refractivity contribution in [1.29, 1.82) is 0 Å². The SMILES string of the molecule is NCC(CCCOc1ccccc1)Cc1ccccc1. The molecular weight excluding hydrogens is 246 g/mol. The molecule has 0 amide bonds. The number of benzene rings is 2. The van der Waals surface area contributed by atoms with Gasteiger partial charge in [0.1, 0.15) is 5.75 Å². The third kappa shape index (κ3) is 5.06. The minimum absolute atomic E-state index is 0.539. The number of hydrogen-bond donors (Lipinski definition) is 1. The summed E-state index contributed by atoms with van der Waals surface area (Å²) in [6, 6.07) is 20.5. The smallest absolute Gasteiger partial charge is 0.119 e. The molecule has 0 aromatic heterocycles. The van der Waals surface area contributed by atoms with Crippen LogP contribution in [0.15, 0.2) is 60.7 Å². The van der Waals surface area contributed by atoms with Gasteiger partial charge in [-0.2, -0.15) is 0 Å². The second-order valence-electron chi connectivity index (χ2n) is 5.10. The van der Waals surface area contributed by atoms with Gasteiger partial charge in [-0.05, 0) is 49.4 Å². The number of para-hydroxylation sites is 1. The second-order valence-corrected chi connectivity index (χ2v) is 5.10. The molecule has 0 saturated heterocycles. The maximum atomic E-state index is 5.87. The lowest BCUT2D eigenvalue weighted by Gasteiger charge is -2.15. The molecule has 0 radical (unpaired) electrons. The van der Waals surface area contributed by atoms with E-state index in [0.717, 1.165) is 38.2 Å². The second kappa shape index (κ2) is 8.39. The zero-order valence-corrected chi connectivity index (χ0v) is 11.9. The van der Waals surface area contributed by atoms with Gasteiger partial charge < -0.3 is 10.5 Å². The van der Waals surface area contributed by atoms with E-state index in [2.05, 4.69) is 30.3 Å². The molecule has 2 rings (SSSR count). The summed E-state index contributed by atoms with van der Waals surface area (Å²) in [7, 11) is 0. The summed E-state index contributed by atoms with van der Waals surface area (Å²) in [5.74, 6) is 1.48. The zero-order chi connectivity index (χ0) is 14.0. The van der Waals surface area contributed by atoms with Crippen LogP contribution >= 0.6 is 0 Å². The maximum Gasteiger partial charge on any atom is 0.119 e. The van der Waals surface area contributed by atoms with Crippen molar-refractivity contribution in [2.45, 2.75) is 19.3 Å². The molecular formula is C18H23NO. The first-order valence-corrected chi connectivity index (χ1v) is 7.30. The Morgan fingerprint density at radius 2 is 1.55 bits per heavy atom. The van der Waals surface area contributed by atoms with Gasteiger partial charge in [0.2, 0.25) is 0 Å². The summed E-state index contributed by atoms with van der Waals surface area (Å²) in [4.78, 5) is 0. The number of nitrogens with two attached hydrogens (primary N) is 1. The van der Waals surface area contributed by atoms with E-state index >= 15 is 0 Å². The fourth-order valence-electron chi connectivity index (χ4n) is 2.33. The zero-order valence-electron chi connectivity index (χ0n) is 11.9. The Bertz CT molecular complexity index is 469. The molecule has 0 aliphatic carbocycles. The average molecular weight is 269 g/mol. The van der Waals surface area contributed by atoms with Crippen LogP contribution in [0.25, 0.3) is 0 Å². The molecule has 1 unspecified atom stereocenters. The molecule has 0 fully saturated rings. The molecule has 0 heterocycles. The van der Waals surface area contributed by atoms with E-state index in [1.165, 1.54) is 5.56 Å². The Labute approximate surface area is 121 Å². The minimum Gasteiger partial charge on any atom is -0.494 e. The van der Waals surface area contributed by atoms with Gasteiger partial charge in [-0.15, -0.1) is 0 Å². The van der Waals surface area contributed by atoms with Gasteiger partial charge in [0.15, 0.2) is 0 Å². The van der Waals surface area contributed by atoms with E-state index < -0.39 is 0 Å². The predicted molar refractivity (Wildman–Crippen MR) is 83.9 cm³/mol. The van der Waals surface area contributed by atoms with Crippen LogP contribution < -0.4 is 10.5 Å². The lowest BCUT2D eigenvalue weighted by atomic mass is 9.95. The van der Waals surface area contributed by atoms with Crippen molar-refractivity contribution in [2.75, 3.05) is 13.2 Å². The van der Waals surface area contributed by atoms with E-state index in [-0.39, 0.29) is 0 Å². The number of ether oxygens (including phenoxy) is 1. The third-order valence-corrected chi connectivity index (χ3v) is 3.47. The highest BCUT2D eigenvalue weighted by Crippen LogP contribution is 2.14. The Morgan fingerprint density at radius 3 is 2.20 bits per heavy atom. The molecule has 1 atom stereocenters. The van der Waals surface area contributed by atoms with E-state index in [9.17, 15) is 0 Å². The van der Waals surface area contributed by atoms with Crippen molar-refractivity contribution < 1.29 is 4.74 Å². The molecule has 106 valence electrons. The number of hydrogen-bond acceptors (Lipinski definition) is 2. The maximum absolute atomic E-state index is 5.87. The number of rotatable bonds is 8. The van der Waals surface area contributed by atoms with Crippen molar-refractivity contribution in [3.05, 3.63) is 66.2 Å². The monoisotopic (exact) mass is 269 g/mol. The molecule has 2 N–H and O–H groups in total. The van der Waals surface area contributed by atoms with E-state index in [0.29, 0.717) is 5.92 Å². The lowest BCUT2D eigenvalue weighted by Crippen LogP contribution is -2.17. The summed E-state index contributed by atoms with van der Waals surface area (Å²) in [5, 5.41) is 0. The minimum atomic E-state index is 0.539. The van der Waals surface area contributed by atoms with E-state index in [4.69, 9.17) is 10.5 Å². The van der Waals surface area contributed by atoms with Gasteiger partial charge in [0.05, 0.1) is 6.61 Å². The quantitative estimate of drug-likeness (QED) is 0.742. The van der Waals surface area contributed by atoms with E-state index in [1.54, 1.807) is 0 Å². The summed E-state index contributed by atoms with van der Waals surface area (Å²) in [6.45, 7) is 1.50. The topological polar surface area (TPSA) is 35.2 Å². The molecule has 20 heavy (non-hydrogen) atoms. The van der Waals surface area contributed by atoms with Crippen LogP contribution in [0.5, 0.6) is 5.75 Å². The average Bonchev–Trinajstić information content (AvgIpc) is 2.52. The largest absolute Gasteiger partial charge is 0.494 e. The van der Waals surface area contributed by atoms with Gasteiger partial charge in [0.25, 0.3) is 0 Å². The summed E-state index contributed by atoms with van der Waals surface area (Å²) < 4.78 is 5.71. The molecule has 0 aliphatic rings. The highest BCUT2D eigenvalue weighted by molar-refractivity contribution is 5.20. The molecule has 2 heteroatoms. The molecule has 0 saturated carbocycles. The Morgan fingerprint density at radius 1 is 0.900 bits per heavy atom. The van der Waals surface area contributed by atoms with E-state index in [1.807, 2.05) is 30.3 Å². The molecule has 2 aromatic carbocycles. The highest BCUT2D eigenvalue weighted by Gasteiger charge is 2.07. The van der Waals surface area contributed by atoms with Crippen LogP contribution in [-0.4, -0.2) is 13.2 Å². The summed E-state index contributed by atoms with van der Waals surface area (Å²) >= 11 is 0. The first-order valence-electron chi connectivity index (χ1n) is 7.30. The summed E-state index contributed by atoms with van der Waals surface area (Å²) in [6.07, 6.45) is 3.21. The Balaban J connectivity index is 1.69. The Hall–Kier alpha value is -1.80. The van der Waals surface area contributed by atoms with Crippen LogP contribution in [0.1, 0.15) is 18.4 Å². The Kier molecular flexibility index (Phi) is 6.12. The van der Waals surface area contributed by atoms with Crippen LogP contribution in [-0.2, 0) is 6.42 Å². The molecule has 0 spiro atoms. The van der Waals surface area contributed by atoms with Gasteiger partial charge >= 0.3 is 0 Å². The molecule has 2 aromatic rings. The lowest BCUT2D eigenvalue weighted by molar-refractivity contribution is 0.292. The molecule has 0 bridgehead atoms. The van der Waals surface area contributed by atoms with Crippen molar-refractivity contribution in [2.24, 2.45) is 11.7 Å². The normalized spacial score (nSPS) is 12.1. The van der Waals surface area contributed by atoms with Crippen molar-refractivity contribution in [1.82, 2.24) is 0 Å². The first kappa shape index (κ1) is 14.6. The van der Waals surface area contributed by atoms with Gasteiger partial charge in [-0.1, -0.05) is 48.5 Å². The predicted octanol–water partition coefficient (Wildman–Crippen LogP) is 3.66. The van der Waals surface area contributed by atoms with Crippen LogP contribution in [0, 0.1) is 5.92 Å². The van der Waals surface area contributed by atoms with Crippen molar-refractivity contribution in [3.63, 3.8) is 0 Å². The standard InChI is InChI=1S/C18H23NO/c19-15-17(14-16-8-3-1-4-9-16)10-7-13-20-18-11-5-2-6-12-18/h1-6,8-9,11-12,17H,7,10,13-15,19H2. The van der Waals surface area contributed by atoms with Gasteiger partial charge in [-0.3, -0.25) is 0 Å². The van der Waals surface area contributed by atoms with Crippen LogP contribution in [0.4, 0.5) is 0 Å². The van der Waals surface area contributed by atoms with Crippen molar-refractivity contribution >= 4 is 0 Å². The van der Waals surface area contributed by atoms with Crippen LogP contribution in [0.2, 0.25) is 0 Å². The molecule has 0 aliphatic heterocycles. The highest BCUT2D eigenvalue weighted by atomic mass is 16.5. The fourth-order valence-corrected chi connectivity index (χ4v) is 2.33. The first-order chi connectivity index (χ1) is 9.88. The van der Waals surface area contributed by atoms with Crippen molar-refractivity contribution in [3.8, 4) is 5.75 Å². The third-order valence-electron chi connectivity index (χ3n) is 3.47. The van der Waals surface area contributed by atoms with Gasteiger partial charge in [0, 0.05) is 0 Å². The fraction of sp³-hybridized carbons (Fsp3) is 0.333. The van der Waals surface area contributed by atoms with Crippen LogP contribution in [0.3, 0.4) is 0 Å². The van der Waals surface area contributed by atoms with Gasteiger partial charge in [-0.25, -0.2) is 0 Å². The molecule has 2 nitrogen and oxygen atoms in total. The summed E-state index contributed by atoms with van der Waals surface area (Å²) in [5.41, 5.74) is 7.24.